The number of anilines is 1. The standard InChI is InChI=1S/C23H19N3O4/c1-29-21-12-15(10-11-20(21)30-14-22(27)28)13-24-26-23-16-6-2-4-8-18(16)25-19-9-5-3-7-17(19)23/h2-13H,14H2,1H3,(H,25,26)(H,27,28)/b24-13+. The van der Waals surface area contributed by atoms with Crippen molar-refractivity contribution in [2.75, 3.05) is 19.1 Å². The average Bonchev–Trinajstić information content (AvgIpc) is 2.77. The third-order valence-electron chi connectivity index (χ3n) is 4.52. The molecular formula is C23H19N3O4. The number of benzene rings is 3. The van der Waals surface area contributed by atoms with Crippen LogP contribution in [0, 0.1) is 0 Å². The first kappa shape index (κ1) is 19.2. The second-order valence-corrected chi connectivity index (χ2v) is 6.48. The zero-order valence-corrected chi connectivity index (χ0v) is 16.2. The number of ether oxygens (including phenoxy) is 2. The van der Waals surface area contributed by atoms with Gasteiger partial charge in [0.25, 0.3) is 0 Å². The zero-order valence-electron chi connectivity index (χ0n) is 16.2. The van der Waals surface area contributed by atoms with Crippen LogP contribution in [-0.2, 0) is 4.79 Å². The number of nitrogens with one attached hydrogen (secondary N) is 1. The summed E-state index contributed by atoms with van der Waals surface area (Å²) in [4.78, 5) is 15.4. The highest BCUT2D eigenvalue weighted by Crippen LogP contribution is 2.31. The van der Waals surface area contributed by atoms with Crippen LogP contribution in [0.5, 0.6) is 11.5 Å². The molecule has 0 spiro atoms. The van der Waals surface area contributed by atoms with Crippen LogP contribution in [0.1, 0.15) is 5.56 Å². The first-order valence-electron chi connectivity index (χ1n) is 9.25. The molecule has 0 amide bonds. The van der Waals surface area contributed by atoms with Crippen molar-refractivity contribution in [1.82, 2.24) is 4.98 Å². The minimum Gasteiger partial charge on any atom is -0.493 e. The van der Waals surface area contributed by atoms with Crippen molar-refractivity contribution < 1.29 is 19.4 Å². The Kier molecular flexibility index (Phi) is 5.43. The van der Waals surface area contributed by atoms with Gasteiger partial charge < -0.3 is 14.6 Å². The fourth-order valence-corrected chi connectivity index (χ4v) is 3.15. The lowest BCUT2D eigenvalue weighted by Crippen LogP contribution is -2.10. The van der Waals surface area contributed by atoms with Crippen LogP contribution in [0.4, 0.5) is 5.69 Å². The van der Waals surface area contributed by atoms with E-state index in [9.17, 15) is 4.79 Å². The summed E-state index contributed by atoms with van der Waals surface area (Å²) < 4.78 is 10.5. The quantitative estimate of drug-likeness (QED) is 0.272. The van der Waals surface area contributed by atoms with Crippen LogP contribution >= 0.6 is 0 Å². The van der Waals surface area contributed by atoms with Gasteiger partial charge in [0.1, 0.15) is 0 Å². The highest BCUT2D eigenvalue weighted by molar-refractivity contribution is 6.07. The zero-order chi connectivity index (χ0) is 20.9. The van der Waals surface area contributed by atoms with Gasteiger partial charge in [-0.25, -0.2) is 9.78 Å². The first-order chi connectivity index (χ1) is 14.7. The van der Waals surface area contributed by atoms with Crippen molar-refractivity contribution in [3.05, 3.63) is 72.3 Å². The molecule has 7 heteroatoms. The number of methoxy groups -OCH3 is 1. The summed E-state index contributed by atoms with van der Waals surface area (Å²) in [6, 6.07) is 20.9. The topological polar surface area (TPSA) is 93.0 Å². The lowest BCUT2D eigenvalue weighted by atomic mass is 10.1. The van der Waals surface area contributed by atoms with Crippen molar-refractivity contribution in [2.45, 2.75) is 0 Å². The Morgan fingerprint density at radius 3 is 2.33 bits per heavy atom. The predicted molar refractivity (Wildman–Crippen MR) is 117 cm³/mol. The maximum absolute atomic E-state index is 10.7. The Labute approximate surface area is 172 Å². The molecule has 1 aromatic heterocycles. The van der Waals surface area contributed by atoms with Crippen LogP contribution in [-0.4, -0.2) is 36.0 Å². The molecule has 0 bridgehead atoms. The van der Waals surface area contributed by atoms with Gasteiger partial charge in [-0.1, -0.05) is 36.4 Å². The number of pyridine rings is 1. The number of hydrogen-bond donors (Lipinski definition) is 2. The van der Waals surface area contributed by atoms with Crippen LogP contribution in [0.25, 0.3) is 21.8 Å². The molecule has 3 aromatic carbocycles. The Hall–Kier alpha value is -4.13. The van der Waals surface area contributed by atoms with Crippen molar-refractivity contribution in [2.24, 2.45) is 5.10 Å². The summed E-state index contributed by atoms with van der Waals surface area (Å²) >= 11 is 0. The summed E-state index contributed by atoms with van der Waals surface area (Å²) in [7, 11) is 1.50. The molecule has 0 atom stereocenters. The third kappa shape index (κ3) is 4.00. The number of carbonyl (C=O) groups is 1. The minimum atomic E-state index is -1.05. The molecule has 7 nitrogen and oxygen atoms in total. The van der Waals surface area contributed by atoms with Crippen molar-refractivity contribution in [1.29, 1.82) is 0 Å². The molecule has 0 unspecified atom stereocenters. The van der Waals surface area contributed by atoms with E-state index in [1.807, 2.05) is 48.5 Å². The van der Waals surface area contributed by atoms with Crippen molar-refractivity contribution in [3.63, 3.8) is 0 Å². The number of hydrazone groups is 1. The maximum atomic E-state index is 10.7. The van der Waals surface area contributed by atoms with Gasteiger partial charge in [0.05, 0.1) is 30.0 Å². The van der Waals surface area contributed by atoms with E-state index in [1.165, 1.54) is 7.11 Å². The van der Waals surface area contributed by atoms with E-state index in [4.69, 9.17) is 19.6 Å². The Bertz CT molecular complexity index is 1200. The fraction of sp³-hybridized carbons (Fsp3) is 0.0870. The Morgan fingerprint density at radius 1 is 1.03 bits per heavy atom. The summed E-state index contributed by atoms with van der Waals surface area (Å²) in [5.74, 6) is -0.264. The number of para-hydroxylation sites is 2. The second-order valence-electron chi connectivity index (χ2n) is 6.48. The largest absolute Gasteiger partial charge is 0.493 e. The van der Waals surface area contributed by atoms with E-state index in [0.717, 1.165) is 33.1 Å². The SMILES string of the molecule is COc1cc(/C=N/Nc2c3ccccc3nc3ccccc23)ccc1OCC(=O)O. The van der Waals surface area contributed by atoms with Gasteiger partial charge >= 0.3 is 5.97 Å². The van der Waals surface area contributed by atoms with E-state index < -0.39 is 12.6 Å². The van der Waals surface area contributed by atoms with Gasteiger partial charge in [0.15, 0.2) is 18.1 Å². The number of nitrogens with zero attached hydrogens (tertiary/aromatic N) is 2. The van der Waals surface area contributed by atoms with E-state index in [0.29, 0.717) is 11.5 Å². The predicted octanol–water partition coefficient (Wildman–Crippen LogP) is 4.31. The van der Waals surface area contributed by atoms with Gasteiger partial charge in [-0.3, -0.25) is 5.43 Å². The Morgan fingerprint density at radius 2 is 1.70 bits per heavy atom. The molecule has 4 rings (SSSR count). The molecule has 1 heterocycles. The number of rotatable bonds is 7. The average molecular weight is 401 g/mol. The van der Waals surface area contributed by atoms with E-state index >= 15 is 0 Å². The molecule has 0 aliphatic carbocycles. The van der Waals surface area contributed by atoms with Gasteiger partial charge in [0.2, 0.25) is 0 Å². The van der Waals surface area contributed by atoms with E-state index in [-0.39, 0.29) is 0 Å². The molecule has 150 valence electrons. The molecule has 0 aliphatic heterocycles. The van der Waals surface area contributed by atoms with E-state index in [1.54, 1.807) is 24.4 Å². The molecule has 0 radical (unpaired) electrons. The summed E-state index contributed by atoms with van der Waals surface area (Å²) in [6.07, 6.45) is 1.66. The van der Waals surface area contributed by atoms with Gasteiger partial charge in [-0.05, 0) is 35.9 Å². The lowest BCUT2D eigenvalue weighted by Gasteiger charge is -2.11. The smallest absolute Gasteiger partial charge is 0.341 e. The summed E-state index contributed by atoms with van der Waals surface area (Å²) in [5.41, 5.74) is 6.56. The molecule has 0 fully saturated rings. The lowest BCUT2D eigenvalue weighted by molar-refractivity contribution is -0.139. The second kappa shape index (κ2) is 8.48. The number of carboxylic acids is 1. The van der Waals surface area contributed by atoms with Gasteiger partial charge in [0, 0.05) is 10.8 Å². The van der Waals surface area contributed by atoms with Gasteiger partial charge in [-0.2, -0.15) is 5.10 Å². The molecule has 0 saturated carbocycles. The number of aromatic nitrogens is 1. The van der Waals surface area contributed by atoms with Crippen molar-refractivity contribution in [3.8, 4) is 11.5 Å². The summed E-state index contributed by atoms with van der Waals surface area (Å²) in [5, 5.41) is 15.1. The van der Waals surface area contributed by atoms with Gasteiger partial charge in [-0.15, -0.1) is 0 Å². The number of fused-ring (bicyclic) bond motifs is 2. The molecule has 0 aliphatic rings. The summed E-state index contributed by atoms with van der Waals surface area (Å²) in [6.45, 7) is -0.437. The normalized spacial score (nSPS) is 11.1. The first-order valence-corrected chi connectivity index (χ1v) is 9.25. The van der Waals surface area contributed by atoms with Crippen LogP contribution in [0.3, 0.4) is 0 Å². The number of hydrogen-bond acceptors (Lipinski definition) is 6. The number of carboxylic acid groups (broad SMARTS) is 1. The molecule has 0 saturated heterocycles. The highest BCUT2D eigenvalue weighted by Gasteiger charge is 2.09. The third-order valence-corrected chi connectivity index (χ3v) is 4.52. The van der Waals surface area contributed by atoms with Crippen molar-refractivity contribution >= 4 is 39.7 Å². The maximum Gasteiger partial charge on any atom is 0.341 e. The fourth-order valence-electron chi connectivity index (χ4n) is 3.15. The minimum absolute atomic E-state index is 0.358. The van der Waals surface area contributed by atoms with Crippen LogP contribution in [0.2, 0.25) is 0 Å². The monoisotopic (exact) mass is 401 g/mol. The molecule has 4 aromatic rings. The highest BCUT2D eigenvalue weighted by atomic mass is 16.5. The molecular weight excluding hydrogens is 382 g/mol. The molecule has 2 N–H and O–H groups in total. The number of aliphatic carboxylic acids is 1. The van der Waals surface area contributed by atoms with E-state index in [2.05, 4.69) is 10.5 Å². The van der Waals surface area contributed by atoms with Crippen LogP contribution < -0.4 is 14.9 Å². The molecule has 30 heavy (non-hydrogen) atoms. The van der Waals surface area contributed by atoms with Crippen LogP contribution in [0.15, 0.2) is 71.8 Å². The Balaban J connectivity index is 1.63.